The molecule has 0 radical (unpaired) electrons. The fraction of sp³-hybridized carbons (Fsp3) is 0.583. The van der Waals surface area contributed by atoms with Crippen LogP contribution in [0.25, 0.3) is 9.88 Å². The summed E-state index contributed by atoms with van der Waals surface area (Å²) >= 11 is 3.19. The van der Waals surface area contributed by atoms with Crippen LogP contribution in [0.2, 0.25) is 0 Å². The first kappa shape index (κ1) is 14.4. The summed E-state index contributed by atoms with van der Waals surface area (Å²) in [6.07, 6.45) is 0. The highest BCUT2D eigenvalue weighted by molar-refractivity contribution is 7.23. The van der Waals surface area contributed by atoms with E-state index < -0.39 is 0 Å². The lowest BCUT2D eigenvalue weighted by Crippen LogP contribution is -2.07. The molecule has 5 nitrogen and oxygen atoms in total. The number of aromatic nitrogens is 3. The highest BCUT2D eigenvalue weighted by Gasteiger charge is 2.14. The molecule has 0 amide bonds. The lowest BCUT2D eigenvalue weighted by molar-refractivity contribution is 0.184. The normalized spacial score (nSPS) is 11.2. The number of aryl methyl sites for hydroxylation is 1. The molecule has 0 aliphatic rings. The molecule has 104 valence electrons. The largest absolute Gasteiger partial charge is 0.378 e. The maximum Gasteiger partial charge on any atom is 0.206 e. The van der Waals surface area contributed by atoms with Gasteiger partial charge in [-0.15, -0.1) is 21.5 Å². The van der Waals surface area contributed by atoms with Crippen LogP contribution in [0.15, 0.2) is 0 Å². The molecule has 0 saturated heterocycles. The molecule has 2 heterocycles. The summed E-state index contributed by atoms with van der Waals surface area (Å²) in [6, 6.07) is 0. The molecule has 2 aromatic heterocycles. The van der Waals surface area contributed by atoms with Crippen LogP contribution >= 0.6 is 22.7 Å². The summed E-state index contributed by atoms with van der Waals surface area (Å²) in [5.74, 6) is 0.589. The first-order valence-corrected chi connectivity index (χ1v) is 7.76. The number of nitrogens with zero attached hydrogens (tertiary/aromatic N) is 3. The average molecular weight is 298 g/mol. The molecule has 0 bridgehead atoms. The minimum atomic E-state index is 0.544. The van der Waals surface area contributed by atoms with Crippen LogP contribution in [-0.2, 0) is 11.3 Å². The van der Waals surface area contributed by atoms with Crippen LogP contribution in [0.1, 0.15) is 24.5 Å². The maximum atomic E-state index is 5.11. The molecular weight excluding hydrogens is 280 g/mol. The Hall–Kier alpha value is -1.05. The molecule has 7 heteroatoms. The number of anilines is 1. The van der Waals surface area contributed by atoms with Crippen molar-refractivity contribution in [3.05, 3.63) is 10.7 Å². The van der Waals surface area contributed by atoms with Crippen molar-refractivity contribution in [3.8, 4) is 9.88 Å². The zero-order chi connectivity index (χ0) is 13.8. The van der Waals surface area contributed by atoms with E-state index in [-0.39, 0.29) is 0 Å². The highest BCUT2D eigenvalue weighted by Crippen LogP contribution is 2.33. The van der Waals surface area contributed by atoms with E-state index in [0.29, 0.717) is 12.5 Å². The van der Waals surface area contributed by atoms with Crippen molar-refractivity contribution >= 4 is 27.8 Å². The van der Waals surface area contributed by atoms with E-state index in [1.54, 1.807) is 29.8 Å². The van der Waals surface area contributed by atoms with Gasteiger partial charge in [0, 0.05) is 13.7 Å². The third-order valence-corrected chi connectivity index (χ3v) is 4.55. The van der Waals surface area contributed by atoms with Gasteiger partial charge in [0.2, 0.25) is 5.13 Å². The molecule has 2 aromatic rings. The van der Waals surface area contributed by atoms with Gasteiger partial charge in [0.15, 0.2) is 5.01 Å². The first-order valence-electron chi connectivity index (χ1n) is 6.13. The number of nitrogens with one attached hydrogen (secondary N) is 1. The minimum Gasteiger partial charge on any atom is -0.378 e. The van der Waals surface area contributed by atoms with Crippen molar-refractivity contribution in [1.29, 1.82) is 0 Å². The number of hydrogen-bond donors (Lipinski definition) is 1. The fourth-order valence-electron chi connectivity index (χ4n) is 1.51. The molecule has 0 fully saturated rings. The van der Waals surface area contributed by atoms with E-state index >= 15 is 0 Å². The Bertz CT molecular complexity index is 536. The molecule has 0 aliphatic carbocycles. The molecule has 0 spiro atoms. The summed E-state index contributed by atoms with van der Waals surface area (Å²) < 4.78 is 5.11. The fourth-order valence-corrected chi connectivity index (χ4v) is 3.42. The number of hydrogen-bond acceptors (Lipinski definition) is 7. The maximum absolute atomic E-state index is 5.11. The van der Waals surface area contributed by atoms with E-state index in [1.165, 1.54) is 0 Å². The third-order valence-electron chi connectivity index (χ3n) is 2.39. The molecule has 0 aromatic carbocycles. The Morgan fingerprint density at radius 2 is 2.05 bits per heavy atom. The molecule has 1 N–H and O–H groups in total. The summed E-state index contributed by atoms with van der Waals surface area (Å²) in [5.41, 5.74) is 0.989. The summed E-state index contributed by atoms with van der Waals surface area (Å²) in [6.45, 7) is 7.78. The minimum absolute atomic E-state index is 0.544. The van der Waals surface area contributed by atoms with E-state index in [2.05, 4.69) is 34.3 Å². The van der Waals surface area contributed by atoms with E-state index in [9.17, 15) is 0 Å². The lowest BCUT2D eigenvalue weighted by atomic mass is 10.2. The first-order chi connectivity index (χ1) is 9.10. The number of ether oxygens (including phenoxy) is 1. The van der Waals surface area contributed by atoms with Gasteiger partial charge < -0.3 is 10.1 Å². The second-order valence-corrected chi connectivity index (χ2v) is 6.70. The molecule has 0 saturated carbocycles. The van der Waals surface area contributed by atoms with Gasteiger partial charge in [0.05, 0.1) is 17.2 Å². The quantitative estimate of drug-likeness (QED) is 0.887. The van der Waals surface area contributed by atoms with Gasteiger partial charge in [-0.1, -0.05) is 25.2 Å². The van der Waals surface area contributed by atoms with Crippen LogP contribution in [0.5, 0.6) is 0 Å². The Morgan fingerprint density at radius 1 is 1.26 bits per heavy atom. The zero-order valence-electron chi connectivity index (χ0n) is 11.6. The van der Waals surface area contributed by atoms with Gasteiger partial charge in [-0.2, -0.15) is 0 Å². The number of thiazole rings is 1. The molecule has 0 aliphatic heterocycles. The van der Waals surface area contributed by atoms with Crippen LogP contribution < -0.4 is 5.32 Å². The monoisotopic (exact) mass is 298 g/mol. The van der Waals surface area contributed by atoms with Gasteiger partial charge in [0.25, 0.3) is 0 Å². The van der Waals surface area contributed by atoms with Gasteiger partial charge >= 0.3 is 0 Å². The Balaban J connectivity index is 2.13. The predicted molar refractivity (Wildman–Crippen MR) is 79.8 cm³/mol. The van der Waals surface area contributed by atoms with Gasteiger partial charge in [-0.05, 0) is 12.8 Å². The second kappa shape index (κ2) is 6.40. The third kappa shape index (κ3) is 3.71. The van der Waals surface area contributed by atoms with Crippen molar-refractivity contribution in [2.75, 3.05) is 19.0 Å². The van der Waals surface area contributed by atoms with Crippen LogP contribution in [0, 0.1) is 12.8 Å². The molecule has 2 rings (SSSR count). The van der Waals surface area contributed by atoms with Gasteiger partial charge in [-0.25, -0.2) is 4.98 Å². The van der Waals surface area contributed by atoms with Crippen molar-refractivity contribution in [2.24, 2.45) is 5.92 Å². The van der Waals surface area contributed by atoms with Gasteiger partial charge in [-0.3, -0.25) is 0 Å². The number of rotatable bonds is 6. The van der Waals surface area contributed by atoms with Crippen LogP contribution in [0.4, 0.5) is 5.13 Å². The van der Waals surface area contributed by atoms with Gasteiger partial charge in [0.1, 0.15) is 5.01 Å². The molecule has 0 atom stereocenters. The molecule has 0 unspecified atom stereocenters. The summed E-state index contributed by atoms with van der Waals surface area (Å²) in [4.78, 5) is 5.56. The Kier molecular flexibility index (Phi) is 4.84. The van der Waals surface area contributed by atoms with Crippen molar-refractivity contribution in [3.63, 3.8) is 0 Å². The van der Waals surface area contributed by atoms with Crippen molar-refractivity contribution in [1.82, 2.24) is 15.2 Å². The van der Waals surface area contributed by atoms with Crippen LogP contribution in [0.3, 0.4) is 0 Å². The molecule has 19 heavy (non-hydrogen) atoms. The van der Waals surface area contributed by atoms with Crippen molar-refractivity contribution < 1.29 is 4.74 Å². The summed E-state index contributed by atoms with van der Waals surface area (Å²) in [7, 11) is 1.68. The molecular formula is C12H18N4OS2. The lowest BCUT2D eigenvalue weighted by Gasteiger charge is -2.03. The van der Waals surface area contributed by atoms with E-state index in [0.717, 1.165) is 32.3 Å². The number of methoxy groups -OCH3 is 1. The summed E-state index contributed by atoms with van der Waals surface area (Å²) in [5, 5.41) is 14.4. The zero-order valence-corrected chi connectivity index (χ0v) is 13.2. The standard InChI is InChI=1S/C12H18N4OS2/c1-7(2)5-13-12-16-15-11(19-12)10-8(3)14-9(18-10)6-17-4/h7H,5-6H2,1-4H3,(H,13,16). The van der Waals surface area contributed by atoms with E-state index in [4.69, 9.17) is 4.74 Å². The van der Waals surface area contributed by atoms with E-state index in [1.807, 2.05) is 6.92 Å². The Morgan fingerprint density at radius 3 is 2.74 bits per heavy atom. The van der Waals surface area contributed by atoms with Crippen molar-refractivity contribution in [2.45, 2.75) is 27.4 Å². The smallest absolute Gasteiger partial charge is 0.206 e. The predicted octanol–water partition coefficient (Wildman–Crippen LogP) is 3.18. The average Bonchev–Trinajstić information content (AvgIpc) is 2.94. The Labute approximate surface area is 121 Å². The highest BCUT2D eigenvalue weighted by atomic mass is 32.1. The topological polar surface area (TPSA) is 59.9 Å². The SMILES string of the molecule is COCc1nc(C)c(-c2nnc(NCC(C)C)s2)s1. The second-order valence-electron chi connectivity index (χ2n) is 4.64. The van der Waals surface area contributed by atoms with Crippen LogP contribution in [-0.4, -0.2) is 28.8 Å².